The number of carbonyl (C=O) groups excluding carboxylic acids is 5. The van der Waals surface area contributed by atoms with Gasteiger partial charge in [0.1, 0.15) is 41.1 Å². The maximum absolute atomic E-state index is 13.7. The minimum atomic E-state index is -1.01. The molecule has 0 bridgehead atoms. The van der Waals surface area contributed by atoms with Crippen molar-refractivity contribution < 1.29 is 42.9 Å². The van der Waals surface area contributed by atoms with Crippen LogP contribution in [0.5, 0.6) is 5.75 Å². The molecule has 7 rings (SSSR count). The van der Waals surface area contributed by atoms with E-state index in [2.05, 4.69) is 36.6 Å². The third-order valence-electron chi connectivity index (χ3n) is 13.0. The summed E-state index contributed by atoms with van der Waals surface area (Å²) in [6, 6.07) is 20.9. The number of nitrogens with zero attached hydrogens (tertiary/aromatic N) is 4. The topological polar surface area (TPSA) is 262 Å². The average Bonchev–Trinajstić information content (AvgIpc) is 3.72. The Bertz CT molecular complexity index is 2640. The summed E-state index contributed by atoms with van der Waals surface area (Å²) in [4.78, 5) is 75.0. The Balaban J connectivity index is 0.781. The number of piperidine rings is 2. The third kappa shape index (κ3) is 14.8. The number of likely N-dealkylation sites (tertiary alicyclic amines) is 1. The van der Waals surface area contributed by atoms with Crippen LogP contribution < -0.4 is 31.3 Å². The van der Waals surface area contributed by atoms with Crippen LogP contribution in [0.15, 0.2) is 85.3 Å². The number of anilines is 2. The zero-order chi connectivity index (χ0) is 52.7. The van der Waals surface area contributed by atoms with Gasteiger partial charge < -0.3 is 50.0 Å². The zero-order valence-electron chi connectivity index (χ0n) is 42.7. The zero-order valence-corrected chi connectivity index (χ0v) is 42.7. The fourth-order valence-corrected chi connectivity index (χ4v) is 9.01. The molecule has 0 aliphatic carbocycles. The number of benzene rings is 3. The molecular formula is C54H69N11O9. The number of rotatable bonds is 23. The van der Waals surface area contributed by atoms with E-state index < -0.39 is 29.2 Å². The summed E-state index contributed by atoms with van der Waals surface area (Å²) < 4.78 is 23.2. The van der Waals surface area contributed by atoms with Crippen LogP contribution in [-0.4, -0.2) is 131 Å². The number of carbonyl (C=O) groups is 5. The molecule has 394 valence electrons. The van der Waals surface area contributed by atoms with Gasteiger partial charge in [-0.2, -0.15) is 0 Å². The van der Waals surface area contributed by atoms with Crippen molar-refractivity contribution in [1.82, 2.24) is 35.7 Å². The summed E-state index contributed by atoms with van der Waals surface area (Å²) in [5, 5.41) is 33.0. The highest BCUT2D eigenvalue weighted by Gasteiger charge is 2.42. The summed E-state index contributed by atoms with van der Waals surface area (Å²) in [7, 11) is 0. The predicted octanol–water partition coefficient (Wildman–Crippen LogP) is 6.59. The van der Waals surface area contributed by atoms with Crippen LogP contribution >= 0.6 is 0 Å². The van der Waals surface area contributed by atoms with Crippen LogP contribution in [0, 0.1) is 10.8 Å². The molecule has 3 aromatic carbocycles. The van der Waals surface area contributed by atoms with Gasteiger partial charge in [-0.25, -0.2) is 14.8 Å². The van der Waals surface area contributed by atoms with E-state index in [4.69, 9.17) is 24.4 Å². The molecule has 20 heteroatoms. The van der Waals surface area contributed by atoms with Crippen LogP contribution in [-0.2, 0) is 30.3 Å². The molecule has 0 spiro atoms. The molecule has 7 N–H and O–H groups in total. The van der Waals surface area contributed by atoms with Crippen molar-refractivity contribution in [2.45, 2.75) is 109 Å². The number of aromatic nitrogens is 2. The van der Waals surface area contributed by atoms with E-state index in [1.54, 1.807) is 40.1 Å². The summed E-state index contributed by atoms with van der Waals surface area (Å²) in [5.41, 5.74) is 2.79. The van der Waals surface area contributed by atoms with Crippen LogP contribution in [0.1, 0.15) is 123 Å². The lowest BCUT2D eigenvalue weighted by Crippen LogP contribution is -2.60. The Morgan fingerprint density at radius 3 is 2.38 bits per heavy atom. The standard InChI is InChI=1S/C54H69N11O9/c1-36(60-48(67)38-13-9-14-39(32-38)63-54(51(56)62-47(55)44-20-23-57-35-59-44)21-25-64(26-22-54)52(70)74-53(2,3)4)37-12-10-15-40(33-37)73-28-8-6-5-7-27-71-30-31-72-29-24-58-43-17-11-16-41-42(43)34-65(50(41)69)45-18-19-46(66)61-49(45)68/h9-17,20,23,32-33,35-36,45,58,63H,5-8,18-19,21-22,24-31,34H2,1-4H3,(H,60,67)(H3,55,56,62)(H,61,66,68)/t36-,45?/m1/s1. The van der Waals surface area contributed by atoms with Crippen molar-refractivity contribution >= 4 is 52.8 Å². The van der Waals surface area contributed by atoms with Crippen molar-refractivity contribution in [3.63, 3.8) is 0 Å². The molecule has 0 radical (unpaired) electrons. The molecule has 74 heavy (non-hydrogen) atoms. The van der Waals surface area contributed by atoms with Crippen LogP contribution in [0.25, 0.3) is 0 Å². The van der Waals surface area contributed by atoms with E-state index in [0.717, 1.165) is 48.2 Å². The molecule has 4 aromatic rings. The fourth-order valence-electron chi connectivity index (χ4n) is 9.01. The van der Waals surface area contributed by atoms with Gasteiger partial charge in [-0.15, -0.1) is 0 Å². The lowest BCUT2D eigenvalue weighted by atomic mass is 9.85. The van der Waals surface area contributed by atoms with E-state index >= 15 is 0 Å². The number of fused-ring (bicyclic) bond motifs is 1. The highest BCUT2D eigenvalue weighted by Crippen LogP contribution is 2.33. The van der Waals surface area contributed by atoms with Gasteiger partial charge in [0.25, 0.3) is 11.8 Å². The second kappa shape index (κ2) is 25.5. The number of unbranched alkanes of at least 4 members (excludes halogenated alkanes) is 3. The van der Waals surface area contributed by atoms with Gasteiger partial charge in [0.05, 0.1) is 38.0 Å². The first-order chi connectivity index (χ1) is 35.6. The molecule has 5 amide bonds. The fraction of sp³-hybridized carbons (Fsp3) is 0.463. The molecule has 4 heterocycles. The van der Waals surface area contributed by atoms with Crippen LogP contribution in [0.3, 0.4) is 0 Å². The minimum Gasteiger partial charge on any atom is -0.494 e. The monoisotopic (exact) mass is 1020 g/mol. The first-order valence-electron chi connectivity index (χ1n) is 25.4. The Hall–Kier alpha value is -7.45. The molecular weight excluding hydrogens is 947 g/mol. The molecule has 2 atom stereocenters. The summed E-state index contributed by atoms with van der Waals surface area (Å²) in [6.07, 6.45) is 7.43. The maximum atomic E-state index is 13.7. The van der Waals surface area contributed by atoms with Crippen molar-refractivity contribution in [1.29, 1.82) is 10.8 Å². The summed E-state index contributed by atoms with van der Waals surface area (Å²) >= 11 is 0. The second-order valence-corrected chi connectivity index (χ2v) is 19.6. The minimum absolute atomic E-state index is 0.0289. The second-order valence-electron chi connectivity index (χ2n) is 19.6. The Labute approximate surface area is 432 Å². The van der Waals surface area contributed by atoms with E-state index in [1.165, 1.54) is 12.5 Å². The molecule has 0 saturated carbocycles. The van der Waals surface area contributed by atoms with Gasteiger partial charge in [-0.1, -0.05) is 30.7 Å². The lowest BCUT2D eigenvalue weighted by Gasteiger charge is -2.43. The average molecular weight is 1020 g/mol. The first kappa shape index (κ1) is 54.3. The number of amides is 5. The first-order valence-corrected chi connectivity index (χ1v) is 25.4. The largest absolute Gasteiger partial charge is 0.494 e. The van der Waals surface area contributed by atoms with Crippen molar-refractivity contribution in [3.8, 4) is 5.75 Å². The number of amidine groups is 2. The van der Waals surface area contributed by atoms with Crippen molar-refractivity contribution in [3.05, 3.63) is 113 Å². The van der Waals surface area contributed by atoms with Crippen molar-refractivity contribution in [2.24, 2.45) is 0 Å². The number of imide groups is 1. The van der Waals surface area contributed by atoms with Gasteiger partial charge in [0.2, 0.25) is 11.8 Å². The Morgan fingerprint density at radius 1 is 0.892 bits per heavy atom. The highest BCUT2D eigenvalue weighted by molar-refractivity contribution is 6.10. The maximum Gasteiger partial charge on any atom is 0.410 e. The Kier molecular flexibility index (Phi) is 18.7. The molecule has 3 aliphatic rings. The highest BCUT2D eigenvalue weighted by atomic mass is 16.6. The SMILES string of the molecule is C[C@@H](NC(=O)c1cccc(NC2(C(=N)NC(=N)c3ccncn3)CCN(C(=O)OC(C)(C)C)CC2)c1)c1cccc(OCCCCCCOCCOCCNc2cccc3c2CN(C2CCC(=O)NC2=O)C3=O)c1. The number of ether oxygens (including phenoxy) is 4. The Morgan fingerprint density at radius 2 is 1.64 bits per heavy atom. The van der Waals surface area contributed by atoms with E-state index in [0.29, 0.717) is 101 Å². The lowest BCUT2D eigenvalue weighted by molar-refractivity contribution is -0.136. The van der Waals surface area contributed by atoms with Gasteiger partial charge in [0, 0.05) is 73.5 Å². The number of hydrogen-bond acceptors (Lipinski definition) is 15. The predicted molar refractivity (Wildman–Crippen MR) is 278 cm³/mol. The van der Waals surface area contributed by atoms with E-state index in [-0.39, 0.29) is 41.9 Å². The summed E-state index contributed by atoms with van der Waals surface area (Å²) in [5.74, 6) is -0.532. The molecule has 3 aliphatic heterocycles. The third-order valence-corrected chi connectivity index (χ3v) is 13.0. The number of nitrogens with one attached hydrogen (secondary N) is 7. The quantitative estimate of drug-likeness (QED) is 0.0179. The molecule has 2 saturated heterocycles. The van der Waals surface area contributed by atoms with E-state index in [1.807, 2.05) is 70.2 Å². The normalized spacial score (nSPS) is 16.6. The molecule has 1 unspecified atom stereocenters. The van der Waals surface area contributed by atoms with Crippen LogP contribution in [0.4, 0.5) is 16.2 Å². The van der Waals surface area contributed by atoms with E-state index in [9.17, 15) is 29.4 Å². The smallest absolute Gasteiger partial charge is 0.410 e. The number of hydrogen-bond donors (Lipinski definition) is 7. The van der Waals surface area contributed by atoms with Crippen molar-refractivity contribution in [2.75, 3.05) is 63.3 Å². The van der Waals surface area contributed by atoms with Crippen LogP contribution in [0.2, 0.25) is 0 Å². The molecule has 20 nitrogen and oxygen atoms in total. The summed E-state index contributed by atoms with van der Waals surface area (Å²) in [6.45, 7) is 11.4. The van der Waals surface area contributed by atoms with Gasteiger partial charge >= 0.3 is 6.09 Å². The van der Waals surface area contributed by atoms with Gasteiger partial charge in [0.15, 0.2) is 0 Å². The molecule has 1 aromatic heterocycles. The molecule has 2 fully saturated rings. The van der Waals surface area contributed by atoms with Gasteiger partial charge in [-0.05, 0) is 120 Å². The van der Waals surface area contributed by atoms with Gasteiger partial charge in [-0.3, -0.25) is 35.3 Å².